The number of carboxylic acids is 1. The van der Waals surface area contributed by atoms with Crippen LogP contribution in [0, 0.1) is 0 Å². The molecule has 0 atom stereocenters. The predicted octanol–water partition coefficient (Wildman–Crippen LogP) is 1.88. The Labute approximate surface area is 142 Å². The Kier molecular flexibility index (Phi) is 5.84. The van der Waals surface area contributed by atoms with E-state index in [1.165, 1.54) is 19.2 Å². The second-order valence-corrected chi connectivity index (χ2v) is 7.62. The van der Waals surface area contributed by atoms with E-state index in [1.54, 1.807) is 6.07 Å². The van der Waals surface area contributed by atoms with E-state index in [9.17, 15) is 18.3 Å². The zero-order chi connectivity index (χ0) is 17.8. The summed E-state index contributed by atoms with van der Waals surface area (Å²) in [7, 11) is -2.29. The summed E-state index contributed by atoms with van der Waals surface area (Å²) in [5.74, 6) is -1.41. The summed E-state index contributed by atoms with van der Waals surface area (Å²) >= 11 is 0. The maximum absolute atomic E-state index is 12.5. The molecule has 1 aliphatic heterocycles. The fraction of sp³-hybridized carbons (Fsp3) is 0.562. The molecular formula is C16H23NO6S. The lowest BCUT2D eigenvalue weighted by Crippen LogP contribution is -2.45. The molecule has 0 bridgehead atoms. The minimum atomic E-state index is -3.77. The van der Waals surface area contributed by atoms with Crippen LogP contribution >= 0.6 is 0 Å². The SMILES string of the molecule is CCc1ccc(NS(=O)(=O)CC2(OC)CCOCC2)c(C(=O)O)c1. The lowest BCUT2D eigenvalue weighted by Gasteiger charge is -2.35. The first kappa shape index (κ1) is 18.7. The van der Waals surface area contributed by atoms with Gasteiger partial charge in [0.25, 0.3) is 0 Å². The van der Waals surface area contributed by atoms with Crippen molar-refractivity contribution in [1.82, 2.24) is 0 Å². The number of ether oxygens (including phenoxy) is 2. The molecule has 0 spiro atoms. The van der Waals surface area contributed by atoms with Crippen LogP contribution in [-0.2, 0) is 25.9 Å². The highest BCUT2D eigenvalue weighted by atomic mass is 32.2. The summed E-state index contributed by atoms with van der Waals surface area (Å²) in [5.41, 5.74) is 0.0270. The summed E-state index contributed by atoms with van der Waals surface area (Å²) in [4.78, 5) is 11.4. The highest BCUT2D eigenvalue weighted by Gasteiger charge is 2.37. The number of methoxy groups -OCH3 is 1. The number of anilines is 1. The van der Waals surface area contributed by atoms with Crippen LogP contribution in [0.2, 0.25) is 0 Å². The fourth-order valence-corrected chi connectivity index (χ4v) is 4.46. The van der Waals surface area contributed by atoms with Crippen LogP contribution in [0.3, 0.4) is 0 Å². The summed E-state index contributed by atoms with van der Waals surface area (Å²) in [6, 6.07) is 4.69. The second kappa shape index (κ2) is 7.50. The number of carbonyl (C=O) groups is 1. The van der Waals surface area contributed by atoms with Gasteiger partial charge in [0.05, 0.1) is 22.6 Å². The highest BCUT2D eigenvalue weighted by molar-refractivity contribution is 7.92. The van der Waals surface area contributed by atoms with E-state index >= 15 is 0 Å². The van der Waals surface area contributed by atoms with Crippen LogP contribution in [-0.4, -0.2) is 51.2 Å². The van der Waals surface area contributed by atoms with Gasteiger partial charge in [-0.1, -0.05) is 13.0 Å². The van der Waals surface area contributed by atoms with Gasteiger partial charge in [-0.25, -0.2) is 13.2 Å². The molecule has 1 fully saturated rings. The monoisotopic (exact) mass is 357 g/mol. The van der Waals surface area contributed by atoms with E-state index < -0.39 is 21.6 Å². The van der Waals surface area contributed by atoms with Gasteiger partial charge >= 0.3 is 5.97 Å². The van der Waals surface area contributed by atoms with Gasteiger partial charge in [0.2, 0.25) is 10.0 Å². The molecule has 1 aromatic rings. The maximum atomic E-state index is 12.5. The molecule has 1 aromatic carbocycles. The van der Waals surface area contributed by atoms with Crippen molar-refractivity contribution in [2.24, 2.45) is 0 Å². The number of nitrogens with one attached hydrogen (secondary N) is 1. The molecule has 2 N–H and O–H groups in total. The first-order valence-corrected chi connectivity index (χ1v) is 9.46. The first-order valence-electron chi connectivity index (χ1n) is 7.80. The van der Waals surface area contributed by atoms with Gasteiger partial charge < -0.3 is 14.6 Å². The van der Waals surface area contributed by atoms with Gasteiger partial charge in [-0.3, -0.25) is 4.72 Å². The van der Waals surface area contributed by atoms with Crippen LogP contribution < -0.4 is 4.72 Å². The number of hydrogen-bond donors (Lipinski definition) is 2. The average molecular weight is 357 g/mol. The van der Waals surface area contributed by atoms with Crippen LogP contribution in [0.5, 0.6) is 0 Å². The van der Waals surface area contributed by atoms with Gasteiger partial charge in [-0.05, 0) is 24.1 Å². The van der Waals surface area contributed by atoms with Gasteiger partial charge in [-0.2, -0.15) is 0 Å². The average Bonchev–Trinajstić information content (AvgIpc) is 2.55. The number of hydrogen-bond acceptors (Lipinski definition) is 5. The fourth-order valence-electron chi connectivity index (χ4n) is 2.78. The van der Waals surface area contributed by atoms with Crippen molar-refractivity contribution in [1.29, 1.82) is 0 Å². The molecule has 0 aliphatic carbocycles. The Morgan fingerprint density at radius 2 is 2.04 bits per heavy atom. The van der Waals surface area contributed by atoms with Crippen molar-refractivity contribution >= 4 is 21.7 Å². The molecule has 1 heterocycles. The molecule has 2 rings (SSSR count). The molecule has 0 aromatic heterocycles. The third kappa shape index (κ3) is 4.46. The Morgan fingerprint density at radius 3 is 2.58 bits per heavy atom. The number of rotatable bonds is 7. The minimum absolute atomic E-state index is 0.0589. The molecule has 1 saturated heterocycles. The quantitative estimate of drug-likeness (QED) is 0.772. The van der Waals surface area contributed by atoms with E-state index in [4.69, 9.17) is 9.47 Å². The van der Waals surface area contributed by atoms with Crippen molar-refractivity contribution in [2.45, 2.75) is 31.8 Å². The molecule has 1 aliphatic rings. The second-order valence-electron chi connectivity index (χ2n) is 5.90. The zero-order valence-electron chi connectivity index (χ0n) is 13.9. The molecule has 134 valence electrons. The molecule has 0 saturated carbocycles. The Hall–Kier alpha value is -1.64. The Bertz CT molecular complexity index is 695. The largest absolute Gasteiger partial charge is 0.478 e. The predicted molar refractivity (Wildman–Crippen MR) is 90.0 cm³/mol. The summed E-state index contributed by atoms with van der Waals surface area (Å²) < 4.78 is 38.2. The van der Waals surface area contributed by atoms with Crippen molar-refractivity contribution in [3.63, 3.8) is 0 Å². The number of aryl methyl sites for hydroxylation is 1. The summed E-state index contributed by atoms with van der Waals surface area (Å²) in [6.45, 7) is 2.78. The number of benzene rings is 1. The molecule has 8 heteroatoms. The van der Waals surface area contributed by atoms with Crippen LogP contribution in [0.1, 0.15) is 35.7 Å². The third-order valence-electron chi connectivity index (χ3n) is 4.28. The standard InChI is InChI=1S/C16H23NO6S/c1-3-12-4-5-14(13(10-12)15(18)19)17-24(20,21)11-16(22-2)6-8-23-9-7-16/h4-5,10,17H,3,6-9,11H2,1-2H3,(H,18,19). The molecule has 24 heavy (non-hydrogen) atoms. The Morgan fingerprint density at radius 1 is 1.38 bits per heavy atom. The van der Waals surface area contributed by atoms with Crippen molar-refractivity contribution < 1.29 is 27.8 Å². The maximum Gasteiger partial charge on any atom is 0.337 e. The Balaban J connectivity index is 2.24. The molecular weight excluding hydrogens is 334 g/mol. The van der Waals surface area contributed by atoms with E-state index in [0.29, 0.717) is 32.5 Å². The highest BCUT2D eigenvalue weighted by Crippen LogP contribution is 2.28. The van der Waals surface area contributed by atoms with E-state index in [-0.39, 0.29) is 17.0 Å². The van der Waals surface area contributed by atoms with Crippen molar-refractivity contribution in [3.05, 3.63) is 29.3 Å². The summed E-state index contributed by atoms with van der Waals surface area (Å²) in [6.07, 6.45) is 1.62. The van der Waals surface area contributed by atoms with E-state index in [1.807, 2.05) is 6.92 Å². The number of aromatic carboxylic acids is 1. The van der Waals surface area contributed by atoms with Gasteiger partial charge in [0, 0.05) is 33.2 Å². The van der Waals surface area contributed by atoms with Crippen molar-refractivity contribution in [2.75, 3.05) is 30.8 Å². The zero-order valence-corrected chi connectivity index (χ0v) is 14.7. The lowest BCUT2D eigenvalue weighted by atomic mass is 9.97. The summed E-state index contributed by atoms with van der Waals surface area (Å²) in [5, 5.41) is 9.32. The smallest absolute Gasteiger partial charge is 0.337 e. The van der Waals surface area contributed by atoms with Crippen molar-refractivity contribution in [3.8, 4) is 0 Å². The minimum Gasteiger partial charge on any atom is -0.478 e. The normalized spacial score (nSPS) is 17.4. The lowest BCUT2D eigenvalue weighted by molar-refractivity contribution is -0.0749. The van der Waals surface area contributed by atoms with Crippen LogP contribution in [0.25, 0.3) is 0 Å². The third-order valence-corrected chi connectivity index (χ3v) is 5.72. The van der Waals surface area contributed by atoms with Crippen LogP contribution in [0.4, 0.5) is 5.69 Å². The topological polar surface area (TPSA) is 102 Å². The van der Waals surface area contributed by atoms with Crippen LogP contribution in [0.15, 0.2) is 18.2 Å². The molecule has 0 radical (unpaired) electrons. The van der Waals surface area contributed by atoms with E-state index in [0.717, 1.165) is 5.56 Å². The van der Waals surface area contributed by atoms with Gasteiger partial charge in [-0.15, -0.1) is 0 Å². The number of sulfonamides is 1. The van der Waals surface area contributed by atoms with Gasteiger partial charge in [0.15, 0.2) is 0 Å². The number of carboxylic acid groups (broad SMARTS) is 1. The van der Waals surface area contributed by atoms with Gasteiger partial charge in [0.1, 0.15) is 0 Å². The van der Waals surface area contributed by atoms with E-state index in [2.05, 4.69) is 4.72 Å². The molecule has 0 unspecified atom stereocenters. The molecule has 7 nitrogen and oxygen atoms in total. The molecule has 0 amide bonds. The first-order chi connectivity index (χ1) is 11.3.